The van der Waals surface area contributed by atoms with E-state index in [0.717, 1.165) is 22.2 Å². The number of methoxy groups -OCH3 is 1. The van der Waals surface area contributed by atoms with Crippen LogP contribution in [0.2, 0.25) is 0 Å². The molecule has 0 unspecified atom stereocenters. The van der Waals surface area contributed by atoms with Gasteiger partial charge in [-0.2, -0.15) is 5.26 Å². The fraction of sp³-hybridized carbons (Fsp3) is 0.167. The lowest BCUT2D eigenvalue weighted by atomic mass is 10.1. The van der Waals surface area contributed by atoms with Gasteiger partial charge < -0.3 is 4.74 Å². The predicted octanol–water partition coefficient (Wildman–Crippen LogP) is 2.31. The molecule has 0 aliphatic heterocycles. The Hall–Kier alpha value is -2.08. The second-order valence-electron chi connectivity index (χ2n) is 3.21. The van der Waals surface area contributed by atoms with Gasteiger partial charge in [0.05, 0.1) is 19.6 Å². The van der Waals surface area contributed by atoms with Crippen LogP contribution in [0.1, 0.15) is 5.56 Å². The highest BCUT2D eigenvalue weighted by Gasteiger charge is 2.02. The van der Waals surface area contributed by atoms with Crippen molar-refractivity contribution in [2.24, 2.45) is 0 Å². The summed E-state index contributed by atoms with van der Waals surface area (Å²) in [5.74, 6) is 0.760. The van der Waals surface area contributed by atoms with Crippen molar-refractivity contribution >= 4 is 10.9 Å². The third kappa shape index (κ3) is 1.75. The smallest absolute Gasteiger partial charge is 0.145 e. The lowest BCUT2D eigenvalue weighted by molar-refractivity contribution is 0.419. The van der Waals surface area contributed by atoms with Gasteiger partial charge in [0.15, 0.2) is 0 Å². The van der Waals surface area contributed by atoms with Gasteiger partial charge in [-0.1, -0.05) is 12.1 Å². The maximum Gasteiger partial charge on any atom is 0.145 e. The van der Waals surface area contributed by atoms with Gasteiger partial charge in [-0.3, -0.25) is 4.98 Å². The largest absolute Gasteiger partial charge is 0.494 e. The zero-order valence-corrected chi connectivity index (χ0v) is 8.40. The molecule has 1 aromatic carbocycles. The van der Waals surface area contributed by atoms with Crippen LogP contribution in [0.15, 0.2) is 30.5 Å². The van der Waals surface area contributed by atoms with Gasteiger partial charge in [0.1, 0.15) is 11.3 Å². The molecule has 3 heteroatoms. The molecule has 1 heterocycles. The van der Waals surface area contributed by atoms with Crippen molar-refractivity contribution in [1.29, 1.82) is 5.26 Å². The Labute approximate surface area is 87.9 Å². The first-order valence-corrected chi connectivity index (χ1v) is 4.63. The van der Waals surface area contributed by atoms with Crippen LogP contribution in [0.5, 0.6) is 5.75 Å². The normalized spacial score (nSPS) is 9.87. The molecule has 0 spiro atoms. The summed E-state index contributed by atoms with van der Waals surface area (Å²) in [4.78, 5) is 4.29. The predicted molar refractivity (Wildman–Crippen MR) is 57.6 cm³/mol. The number of para-hydroxylation sites is 1. The molecule has 2 aromatic rings. The number of nitrogens with zero attached hydrogens (tertiary/aromatic N) is 2. The standard InChI is InChI=1S/C12H10N2O/c1-15-11-4-2-3-10-7-9(5-6-13)8-14-12(10)11/h2-4,7-8H,5H2,1H3. The van der Waals surface area contributed by atoms with E-state index in [9.17, 15) is 0 Å². The zero-order valence-electron chi connectivity index (χ0n) is 8.40. The summed E-state index contributed by atoms with van der Waals surface area (Å²) in [6.45, 7) is 0. The number of hydrogen-bond acceptors (Lipinski definition) is 3. The molecule has 0 N–H and O–H groups in total. The second kappa shape index (κ2) is 3.97. The number of rotatable bonds is 2. The van der Waals surface area contributed by atoms with Crippen molar-refractivity contribution in [3.8, 4) is 11.8 Å². The van der Waals surface area contributed by atoms with Crippen LogP contribution in [-0.4, -0.2) is 12.1 Å². The van der Waals surface area contributed by atoms with Gasteiger partial charge in [0, 0.05) is 11.6 Å². The van der Waals surface area contributed by atoms with Crippen LogP contribution in [0.25, 0.3) is 10.9 Å². The minimum atomic E-state index is 0.389. The van der Waals surface area contributed by atoms with E-state index in [2.05, 4.69) is 11.1 Å². The van der Waals surface area contributed by atoms with E-state index in [4.69, 9.17) is 10.00 Å². The average molecular weight is 198 g/mol. The van der Waals surface area contributed by atoms with E-state index in [-0.39, 0.29) is 0 Å². The summed E-state index contributed by atoms with van der Waals surface area (Å²) in [5.41, 5.74) is 1.76. The van der Waals surface area contributed by atoms with Crippen LogP contribution >= 0.6 is 0 Å². The van der Waals surface area contributed by atoms with Crippen molar-refractivity contribution in [3.05, 3.63) is 36.0 Å². The van der Waals surface area contributed by atoms with E-state index in [1.807, 2.05) is 24.3 Å². The summed E-state index contributed by atoms with van der Waals surface area (Å²) in [6, 6.07) is 9.83. The van der Waals surface area contributed by atoms with Gasteiger partial charge in [0.2, 0.25) is 0 Å². The maximum absolute atomic E-state index is 8.59. The van der Waals surface area contributed by atoms with Crippen molar-refractivity contribution in [2.75, 3.05) is 7.11 Å². The van der Waals surface area contributed by atoms with Crippen molar-refractivity contribution in [3.63, 3.8) is 0 Å². The topological polar surface area (TPSA) is 45.9 Å². The minimum Gasteiger partial charge on any atom is -0.494 e. The number of benzene rings is 1. The molecule has 0 aliphatic carbocycles. The van der Waals surface area contributed by atoms with Crippen LogP contribution < -0.4 is 4.74 Å². The maximum atomic E-state index is 8.59. The van der Waals surface area contributed by atoms with Gasteiger partial charge in [-0.25, -0.2) is 0 Å². The number of nitriles is 1. The van der Waals surface area contributed by atoms with E-state index >= 15 is 0 Å². The summed E-state index contributed by atoms with van der Waals surface area (Å²) >= 11 is 0. The van der Waals surface area contributed by atoms with Crippen LogP contribution in [0, 0.1) is 11.3 Å². The summed E-state index contributed by atoms with van der Waals surface area (Å²) < 4.78 is 5.20. The Morgan fingerprint density at radius 1 is 1.47 bits per heavy atom. The summed E-state index contributed by atoms with van der Waals surface area (Å²) in [6.07, 6.45) is 2.11. The van der Waals surface area contributed by atoms with Crippen LogP contribution in [0.3, 0.4) is 0 Å². The first kappa shape index (κ1) is 9.47. The van der Waals surface area contributed by atoms with Crippen molar-refractivity contribution in [1.82, 2.24) is 4.98 Å². The van der Waals surface area contributed by atoms with E-state index in [1.165, 1.54) is 0 Å². The third-order valence-electron chi connectivity index (χ3n) is 2.23. The summed E-state index contributed by atoms with van der Waals surface area (Å²) in [5, 5.41) is 9.59. The lowest BCUT2D eigenvalue weighted by Crippen LogP contribution is -1.89. The van der Waals surface area contributed by atoms with Gasteiger partial charge in [-0.05, 0) is 17.7 Å². The number of fused-ring (bicyclic) bond motifs is 1. The second-order valence-corrected chi connectivity index (χ2v) is 3.21. The summed E-state index contributed by atoms with van der Waals surface area (Å²) in [7, 11) is 1.62. The van der Waals surface area contributed by atoms with Crippen LogP contribution in [-0.2, 0) is 6.42 Å². The number of aromatic nitrogens is 1. The van der Waals surface area contributed by atoms with E-state index < -0.39 is 0 Å². The van der Waals surface area contributed by atoms with Crippen molar-refractivity contribution < 1.29 is 4.74 Å². The molecule has 74 valence electrons. The first-order valence-electron chi connectivity index (χ1n) is 4.63. The molecule has 15 heavy (non-hydrogen) atoms. The molecule has 0 amide bonds. The molecule has 0 saturated heterocycles. The highest BCUT2D eigenvalue weighted by atomic mass is 16.5. The molecular formula is C12H10N2O. The quantitative estimate of drug-likeness (QED) is 0.743. The molecule has 0 saturated carbocycles. The average Bonchev–Trinajstić information content (AvgIpc) is 2.28. The molecule has 0 aliphatic rings. The molecule has 0 bridgehead atoms. The fourth-order valence-corrected chi connectivity index (χ4v) is 1.53. The Morgan fingerprint density at radius 2 is 2.33 bits per heavy atom. The third-order valence-corrected chi connectivity index (χ3v) is 2.23. The van der Waals surface area contributed by atoms with E-state index in [0.29, 0.717) is 6.42 Å². The fourth-order valence-electron chi connectivity index (χ4n) is 1.53. The Kier molecular flexibility index (Phi) is 2.51. The SMILES string of the molecule is COc1cccc2cc(CC#N)cnc12. The molecule has 2 rings (SSSR count). The van der Waals surface area contributed by atoms with Gasteiger partial charge in [0.25, 0.3) is 0 Å². The highest BCUT2D eigenvalue weighted by Crippen LogP contribution is 2.23. The molecule has 0 radical (unpaired) electrons. The zero-order chi connectivity index (χ0) is 10.7. The molecule has 0 atom stereocenters. The Morgan fingerprint density at radius 3 is 3.07 bits per heavy atom. The first-order chi connectivity index (χ1) is 7.35. The Bertz CT molecular complexity index is 529. The molecular weight excluding hydrogens is 188 g/mol. The lowest BCUT2D eigenvalue weighted by Gasteiger charge is -2.04. The van der Waals surface area contributed by atoms with Gasteiger partial charge in [-0.15, -0.1) is 0 Å². The van der Waals surface area contributed by atoms with E-state index in [1.54, 1.807) is 13.3 Å². The molecule has 1 aromatic heterocycles. The highest BCUT2D eigenvalue weighted by molar-refractivity contribution is 5.84. The number of hydrogen-bond donors (Lipinski definition) is 0. The minimum absolute atomic E-state index is 0.389. The van der Waals surface area contributed by atoms with Crippen molar-refractivity contribution in [2.45, 2.75) is 6.42 Å². The monoisotopic (exact) mass is 198 g/mol. The van der Waals surface area contributed by atoms with Crippen LogP contribution in [0.4, 0.5) is 0 Å². The van der Waals surface area contributed by atoms with Gasteiger partial charge >= 0.3 is 0 Å². The Balaban J connectivity index is 2.59. The molecule has 3 nitrogen and oxygen atoms in total. The number of ether oxygens (including phenoxy) is 1. The molecule has 0 fully saturated rings. The number of pyridine rings is 1.